The number of benzene rings is 2. The molecule has 3 nitrogen and oxygen atoms in total. The molecule has 1 heterocycles. The highest BCUT2D eigenvalue weighted by atomic mass is 19.1. The minimum absolute atomic E-state index is 0.128. The van der Waals surface area contributed by atoms with E-state index < -0.39 is 0 Å². The normalized spacial score (nSPS) is 14.2. The Morgan fingerprint density at radius 2 is 2.10 bits per heavy atom. The maximum atomic E-state index is 14.1. The average molecular weight is 287 g/mol. The molecule has 1 atom stereocenters. The molecule has 0 amide bonds. The van der Waals surface area contributed by atoms with E-state index in [0.29, 0.717) is 11.3 Å². The summed E-state index contributed by atoms with van der Waals surface area (Å²) in [6, 6.07) is 10.8. The third-order valence-electron chi connectivity index (χ3n) is 3.75. The van der Waals surface area contributed by atoms with Crippen molar-refractivity contribution in [2.24, 2.45) is 0 Å². The van der Waals surface area contributed by atoms with E-state index in [4.69, 9.17) is 9.47 Å². The van der Waals surface area contributed by atoms with E-state index >= 15 is 0 Å². The summed E-state index contributed by atoms with van der Waals surface area (Å²) < 4.78 is 24.6. The van der Waals surface area contributed by atoms with Gasteiger partial charge < -0.3 is 14.8 Å². The van der Waals surface area contributed by atoms with Crippen LogP contribution in [0.2, 0.25) is 0 Å². The van der Waals surface area contributed by atoms with Gasteiger partial charge in [-0.15, -0.1) is 0 Å². The highest BCUT2D eigenvalue weighted by Gasteiger charge is 2.15. The number of hydrogen-bond acceptors (Lipinski definition) is 3. The number of halogens is 1. The van der Waals surface area contributed by atoms with Gasteiger partial charge in [0.15, 0.2) is 0 Å². The van der Waals surface area contributed by atoms with Crippen molar-refractivity contribution in [1.82, 2.24) is 0 Å². The van der Waals surface area contributed by atoms with E-state index in [1.807, 2.05) is 19.1 Å². The number of fused-ring (bicyclic) bond motifs is 1. The molecule has 0 aliphatic carbocycles. The fourth-order valence-corrected chi connectivity index (χ4v) is 2.59. The Bertz CT molecular complexity index is 657. The second kappa shape index (κ2) is 5.64. The van der Waals surface area contributed by atoms with Gasteiger partial charge in [0, 0.05) is 23.7 Å². The van der Waals surface area contributed by atoms with Crippen LogP contribution in [-0.4, -0.2) is 13.7 Å². The first-order chi connectivity index (χ1) is 10.2. The first-order valence-corrected chi connectivity index (χ1v) is 7.03. The van der Waals surface area contributed by atoms with Crippen molar-refractivity contribution < 1.29 is 13.9 Å². The van der Waals surface area contributed by atoms with Crippen molar-refractivity contribution in [3.63, 3.8) is 0 Å². The van der Waals surface area contributed by atoms with Crippen LogP contribution < -0.4 is 14.8 Å². The molecule has 0 saturated heterocycles. The first kappa shape index (κ1) is 13.7. The molecule has 1 unspecified atom stereocenters. The SMILES string of the molecule is COc1ccc(C(C)Nc2ccc3c(c2)CCO3)c(F)c1. The number of anilines is 1. The number of methoxy groups -OCH3 is 1. The van der Waals surface area contributed by atoms with Gasteiger partial charge in [-0.1, -0.05) is 6.07 Å². The van der Waals surface area contributed by atoms with Crippen molar-refractivity contribution in [1.29, 1.82) is 0 Å². The summed E-state index contributed by atoms with van der Waals surface area (Å²) >= 11 is 0. The number of ether oxygens (including phenoxy) is 2. The van der Waals surface area contributed by atoms with Crippen molar-refractivity contribution in [2.75, 3.05) is 19.0 Å². The van der Waals surface area contributed by atoms with E-state index in [9.17, 15) is 4.39 Å². The summed E-state index contributed by atoms with van der Waals surface area (Å²) in [5.74, 6) is 1.21. The van der Waals surface area contributed by atoms with Gasteiger partial charge in [0.2, 0.25) is 0 Å². The van der Waals surface area contributed by atoms with Gasteiger partial charge in [-0.2, -0.15) is 0 Å². The van der Waals surface area contributed by atoms with Gasteiger partial charge in [-0.3, -0.25) is 0 Å². The number of rotatable bonds is 4. The third-order valence-corrected chi connectivity index (χ3v) is 3.75. The average Bonchev–Trinajstić information content (AvgIpc) is 2.94. The van der Waals surface area contributed by atoms with E-state index in [1.165, 1.54) is 18.7 Å². The van der Waals surface area contributed by atoms with Crippen molar-refractivity contribution in [2.45, 2.75) is 19.4 Å². The summed E-state index contributed by atoms with van der Waals surface area (Å²) in [7, 11) is 1.53. The second-order valence-electron chi connectivity index (χ2n) is 5.17. The zero-order valence-electron chi connectivity index (χ0n) is 12.2. The smallest absolute Gasteiger partial charge is 0.132 e. The molecule has 0 aromatic heterocycles. The van der Waals surface area contributed by atoms with Crippen LogP contribution in [0.25, 0.3) is 0 Å². The summed E-state index contributed by atoms with van der Waals surface area (Å²) in [6.45, 7) is 2.68. The predicted molar refractivity (Wildman–Crippen MR) is 80.6 cm³/mol. The third kappa shape index (κ3) is 2.79. The van der Waals surface area contributed by atoms with Crippen LogP contribution >= 0.6 is 0 Å². The lowest BCUT2D eigenvalue weighted by Crippen LogP contribution is -2.08. The monoisotopic (exact) mass is 287 g/mol. The summed E-state index contributed by atoms with van der Waals surface area (Å²) in [5, 5.41) is 3.33. The highest BCUT2D eigenvalue weighted by Crippen LogP contribution is 2.30. The van der Waals surface area contributed by atoms with Crippen molar-refractivity contribution >= 4 is 5.69 Å². The van der Waals surface area contributed by atoms with Crippen LogP contribution in [-0.2, 0) is 6.42 Å². The quantitative estimate of drug-likeness (QED) is 0.924. The summed E-state index contributed by atoms with van der Waals surface area (Å²) in [5.41, 5.74) is 2.79. The second-order valence-corrected chi connectivity index (χ2v) is 5.17. The fraction of sp³-hybridized carbons (Fsp3) is 0.294. The van der Waals surface area contributed by atoms with E-state index in [2.05, 4.69) is 11.4 Å². The van der Waals surface area contributed by atoms with Gasteiger partial charge in [0.1, 0.15) is 17.3 Å². The van der Waals surface area contributed by atoms with E-state index in [1.54, 1.807) is 12.1 Å². The lowest BCUT2D eigenvalue weighted by molar-refractivity contribution is 0.357. The first-order valence-electron chi connectivity index (χ1n) is 7.03. The topological polar surface area (TPSA) is 30.5 Å². The van der Waals surface area contributed by atoms with Crippen LogP contribution in [0, 0.1) is 5.82 Å². The van der Waals surface area contributed by atoms with Gasteiger partial charge in [0.25, 0.3) is 0 Å². The molecule has 1 aliphatic rings. The van der Waals surface area contributed by atoms with Crippen molar-refractivity contribution in [3.8, 4) is 11.5 Å². The molecule has 3 rings (SSSR count). The molecular weight excluding hydrogens is 269 g/mol. The molecule has 110 valence electrons. The Morgan fingerprint density at radius 1 is 1.24 bits per heavy atom. The van der Waals surface area contributed by atoms with Gasteiger partial charge >= 0.3 is 0 Å². The molecule has 1 aliphatic heterocycles. The highest BCUT2D eigenvalue weighted by molar-refractivity contribution is 5.53. The van der Waals surface area contributed by atoms with Gasteiger partial charge in [-0.05, 0) is 36.8 Å². The summed E-state index contributed by atoms with van der Waals surface area (Å²) in [4.78, 5) is 0. The maximum absolute atomic E-state index is 14.1. The minimum atomic E-state index is -0.265. The lowest BCUT2D eigenvalue weighted by atomic mass is 10.1. The molecule has 2 aromatic rings. The fourth-order valence-electron chi connectivity index (χ4n) is 2.59. The van der Waals surface area contributed by atoms with Crippen LogP contribution in [0.4, 0.5) is 10.1 Å². The van der Waals surface area contributed by atoms with Crippen molar-refractivity contribution in [3.05, 3.63) is 53.3 Å². The molecule has 2 aromatic carbocycles. The standard InChI is InChI=1S/C17H18FNO2/c1-11(15-5-4-14(20-2)10-16(15)18)19-13-3-6-17-12(9-13)7-8-21-17/h3-6,9-11,19H,7-8H2,1-2H3. The summed E-state index contributed by atoms with van der Waals surface area (Å²) in [6.07, 6.45) is 0.927. The van der Waals surface area contributed by atoms with Crippen LogP contribution in [0.5, 0.6) is 11.5 Å². The zero-order valence-corrected chi connectivity index (χ0v) is 12.2. The Morgan fingerprint density at radius 3 is 2.86 bits per heavy atom. The molecule has 0 fully saturated rings. The molecule has 0 saturated carbocycles. The van der Waals surface area contributed by atoms with E-state index in [-0.39, 0.29) is 11.9 Å². The Balaban J connectivity index is 1.78. The minimum Gasteiger partial charge on any atom is -0.497 e. The van der Waals surface area contributed by atoms with E-state index in [0.717, 1.165) is 24.5 Å². The lowest BCUT2D eigenvalue weighted by Gasteiger charge is -2.17. The Hall–Kier alpha value is -2.23. The van der Waals surface area contributed by atoms with Crippen LogP contribution in [0.15, 0.2) is 36.4 Å². The predicted octanol–water partition coefficient (Wildman–Crippen LogP) is 3.94. The molecule has 1 N–H and O–H groups in total. The van der Waals surface area contributed by atoms with Gasteiger partial charge in [0.05, 0.1) is 19.8 Å². The molecule has 0 radical (unpaired) electrons. The molecule has 21 heavy (non-hydrogen) atoms. The molecular formula is C17H18FNO2. The number of hydrogen-bond donors (Lipinski definition) is 1. The number of nitrogens with one attached hydrogen (secondary N) is 1. The molecule has 0 spiro atoms. The van der Waals surface area contributed by atoms with Crippen LogP contribution in [0.1, 0.15) is 24.1 Å². The van der Waals surface area contributed by atoms with Gasteiger partial charge in [-0.25, -0.2) is 4.39 Å². The van der Waals surface area contributed by atoms with Crippen LogP contribution in [0.3, 0.4) is 0 Å². The largest absolute Gasteiger partial charge is 0.497 e. The Labute approximate surface area is 123 Å². The molecule has 0 bridgehead atoms. The Kier molecular flexibility index (Phi) is 3.69. The molecule has 4 heteroatoms. The zero-order chi connectivity index (χ0) is 14.8. The maximum Gasteiger partial charge on any atom is 0.132 e.